The Morgan fingerprint density at radius 3 is 2.57 bits per heavy atom. The van der Waals surface area contributed by atoms with Gasteiger partial charge in [-0.25, -0.2) is 4.79 Å². The maximum atomic E-state index is 12.5. The van der Waals surface area contributed by atoms with E-state index in [1.807, 2.05) is 0 Å². The second kappa shape index (κ2) is 6.64. The molecule has 2 N–H and O–H groups in total. The smallest absolute Gasteiger partial charge is 0.406 e. The number of carbonyl (C=O) groups excluding carboxylic acids is 2. The lowest BCUT2D eigenvalue weighted by molar-refractivity contribution is -0.150. The molecule has 21 heavy (non-hydrogen) atoms. The third kappa shape index (κ3) is 4.80. The molecule has 120 valence electrons. The van der Waals surface area contributed by atoms with Gasteiger partial charge in [0.05, 0.1) is 0 Å². The van der Waals surface area contributed by atoms with E-state index in [9.17, 15) is 27.6 Å². The summed E-state index contributed by atoms with van der Waals surface area (Å²) in [6.07, 6.45) is -4.49. The Balaban J connectivity index is 2.92. The van der Waals surface area contributed by atoms with Crippen LogP contribution in [0.15, 0.2) is 0 Å². The van der Waals surface area contributed by atoms with Crippen LogP contribution in [-0.4, -0.2) is 71.2 Å². The third-order valence-corrected chi connectivity index (χ3v) is 2.93. The lowest BCUT2D eigenvalue weighted by Crippen LogP contribution is -2.60. The highest BCUT2D eigenvalue weighted by Crippen LogP contribution is 2.19. The van der Waals surface area contributed by atoms with Crippen LogP contribution < -0.4 is 5.32 Å². The van der Waals surface area contributed by atoms with Crippen LogP contribution >= 0.6 is 0 Å². The van der Waals surface area contributed by atoms with Gasteiger partial charge in [0, 0.05) is 13.1 Å². The number of nitrogens with zero attached hydrogens (tertiary/aromatic N) is 2. The van der Waals surface area contributed by atoms with E-state index in [1.165, 1.54) is 0 Å². The van der Waals surface area contributed by atoms with Crippen molar-refractivity contribution in [1.82, 2.24) is 15.1 Å². The van der Waals surface area contributed by atoms with Crippen LogP contribution in [0.2, 0.25) is 0 Å². The van der Waals surface area contributed by atoms with Crippen LogP contribution in [0.3, 0.4) is 0 Å². The Kier molecular flexibility index (Phi) is 5.39. The van der Waals surface area contributed by atoms with Gasteiger partial charge in [0.25, 0.3) is 0 Å². The van der Waals surface area contributed by atoms with Crippen molar-refractivity contribution in [2.75, 3.05) is 26.2 Å². The summed E-state index contributed by atoms with van der Waals surface area (Å²) in [5, 5.41) is 11.1. The fourth-order valence-electron chi connectivity index (χ4n) is 2.10. The fraction of sp³-hybridized carbons (Fsp3) is 0.727. The van der Waals surface area contributed by atoms with Gasteiger partial charge in [-0.1, -0.05) is 6.92 Å². The van der Waals surface area contributed by atoms with E-state index in [-0.39, 0.29) is 24.4 Å². The van der Waals surface area contributed by atoms with Crippen molar-refractivity contribution < 1.29 is 32.7 Å². The number of aliphatic carboxylic acids is 1. The summed E-state index contributed by atoms with van der Waals surface area (Å²) in [6.45, 7) is -0.980. The first kappa shape index (κ1) is 17.1. The minimum Gasteiger partial charge on any atom is -0.480 e. The Morgan fingerprint density at radius 2 is 2.10 bits per heavy atom. The summed E-state index contributed by atoms with van der Waals surface area (Å²) >= 11 is 0. The highest BCUT2D eigenvalue weighted by molar-refractivity contribution is 5.89. The molecule has 1 atom stereocenters. The largest absolute Gasteiger partial charge is 0.480 e. The summed E-state index contributed by atoms with van der Waals surface area (Å²) in [5.41, 5.74) is 0. The number of halogens is 3. The van der Waals surface area contributed by atoms with E-state index < -0.39 is 43.2 Å². The molecule has 1 saturated heterocycles. The zero-order valence-electron chi connectivity index (χ0n) is 11.3. The maximum absolute atomic E-state index is 12.5. The number of hydrogen-bond donors (Lipinski definition) is 2. The number of amides is 3. The summed E-state index contributed by atoms with van der Waals surface area (Å²) < 4.78 is 37.4. The molecule has 1 rings (SSSR count). The van der Waals surface area contributed by atoms with Crippen molar-refractivity contribution in [2.45, 2.75) is 25.6 Å². The summed E-state index contributed by atoms with van der Waals surface area (Å²) in [6, 6.07) is -1.99. The third-order valence-electron chi connectivity index (χ3n) is 2.93. The van der Waals surface area contributed by atoms with Crippen LogP contribution in [-0.2, 0) is 9.59 Å². The average molecular weight is 311 g/mol. The maximum Gasteiger partial charge on any atom is 0.406 e. The van der Waals surface area contributed by atoms with Crippen molar-refractivity contribution in [1.29, 1.82) is 0 Å². The zero-order valence-corrected chi connectivity index (χ0v) is 11.3. The van der Waals surface area contributed by atoms with Gasteiger partial charge in [0.15, 0.2) is 0 Å². The number of carboxylic acid groups (broad SMARTS) is 1. The number of urea groups is 1. The lowest BCUT2D eigenvalue weighted by Gasteiger charge is -2.37. The first-order chi connectivity index (χ1) is 9.65. The van der Waals surface area contributed by atoms with Gasteiger partial charge in [0.2, 0.25) is 5.91 Å². The number of rotatable bonds is 4. The van der Waals surface area contributed by atoms with E-state index in [0.29, 0.717) is 0 Å². The molecule has 0 spiro atoms. The molecular weight excluding hydrogens is 295 g/mol. The molecular formula is C11H16F3N3O4. The SMILES string of the molecule is CCC1C(=O)NCCN1C(=O)N(CC(=O)O)CC(F)(F)F. The zero-order chi connectivity index (χ0) is 16.2. The average Bonchev–Trinajstić information content (AvgIpc) is 2.34. The number of piperazine rings is 1. The minimum absolute atomic E-state index is 0.0387. The van der Waals surface area contributed by atoms with Crippen molar-refractivity contribution in [3.8, 4) is 0 Å². The Morgan fingerprint density at radius 1 is 1.48 bits per heavy atom. The molecule has 7 nitrogen and oxygen atoms in total. The highest BCUT2D eigenvalue weighted by Gasteiger charge is 2.39. The molecule has 1 heterocycles. The number of carbonyl (C=O) groups is 3. The van der Waals surface area contributed by atoms with Crippen LogP contribution in [0.25, 0.3) is 0 Å². The molecule has 3 amide bonds. The molecule has 1 fully saturated rings. The second-order valence-electron chi connectivity index (χ2n) is 4.56. The molecule has 10 heteroatoms. The number of alkyl halides is 3. The number of nitrogens with one attached hydrogen (secondary N) is 1. The van der Waals surface area contributed by atoms with Gasteiger partial charge in [-0.2, -0.15) is 13.2 Å². The minimum atomic E-state index is -4.72. The number of carboxylic acids is 1. The summed E-state index contributed by atoms with van der Waals surface area (Å²) in [4.78, 5) is 35.5. The Labute approximate surface area is 118 Å². The van der Waals surface area contributed by atoms with Gasteiger partial charge in [-0.05, 0) is 6.42 Å². The molecule has 1 unspecified atom stereocenters. The molecule has 0 aliphatic carbocycles. The van der Waals surface area contributed by atoms with E-state index in [2.05, 4.69) is 5.32 Å². The molecule has 0 aromatic carbocycles. The van der Waals surface area contributed by atoms with Gasteiger partial charge >= 0.3 is 18.2 Å². The van der Waals surface area contributed by atoms with Gasteiger partial charge in [-0.15, -0.1) is 0 Å². The molecule has 0 aromatic heterocycles. The van der Waals surface area contributed by atoms with Gasteiger partial charge < -0.3 is 20.2 Å². The van der Waals surface area contributed by atoms with Crippen LogP contribution in [0.1, 0.15) is 13.3 Å². The summed E-state index contributed by atoms with van der Waals surface area (Å²) in [5.74, 6) is -2.01. The highest BCUT2D eigenvalue weighted by atomic mass is 19.4. The molecule has 0 aromatic rings. The van der Waals surface area contributed by atoms with E-state index >= 15 is 0 Å². The molecule has 1 aliphatic heterocycles. The van der Waals surface area contributed by atoms with E-state index in [4.69, 9.17) is 5.11 Å². The molecule has 0 radical (unpaired) electrons. The monoisotopic (exact) mass is 311 g/mol. The van der Waals surface area contributed by atoms with E-state index in [1.54, 1.807) is 6.92 Å². The van der Waals surface area contributed by atoms with Crippen molar-refractivity contribution >= 4 is 17.9 Å². The van der Waals surface area contributed by atoms with Crippen LogP contribution in [0, 0.1) is 0 Å². The predicted octanol–water partition coefficient (Wildman–Crippen LogP) is 0.266. The fourth-order valence-corrected chi connectivity index (χ4v) is 2.10. The molecule has 0 bridgehead atoms. The topological polar surface area (TPSA) is 90.0 Å². The van der Waals surface area contributed by atoms with Gasteiger partial charge in [0.1, 0.15) is 19.1 Å². The lowest BCUT2D eigenvalue weighted by atomic mass is 10.1. The Bertz CT molecular complexity index is 427. The normalized spacial score (nSPS) is 19.1. The van der Waals surface area contributed by atoms with Crippen LogP contribution in [0.5, 0.6) is 0 Å². The van der Waals surface area contributed by atoms with Crippen molar-refractivity contribution in [2.24, 2.45) is 0 Å². The quantitative estimate of drug-likeness (QED) is 0.779. The summed E-state index contributed by atoms with van der Waals surface area (Å²) in [7, 11) is 0. The number of hydrogen-bond acceptors (Lipinski definition) is 3. The molecule has 1 aliphatic rings. The Hall–Kier alpha value is -2.00. The van der Waals surface area contributed by atoms with Crippen molar-refractivity contribution in [3.63, 3.8) is 0 Å². The van der Waals surface area contributed by atoms with Gasteiger partial charge in [-0.3, -0.25) is 9.59 Å². The first-order valence-corrected chi connectivity index (χ1v) is 6.27. The van der Waals surface area contributed by atoms with Crippen molar-refractivity contribution in [3.05, 3.63) is 0 Å². The van der Waals surface area contributed by atoms with Crippen LogP contribution in [0.4, 0.5) is 18.0 Å². The second-order valence-corrected chi connectivity index (χ2v) is 4.56. The molecule has 0 saturated carbocycles. The standard InChI is InChI=1S/C11H16F3N3O4/c1-2-7-9(20)15-3-4-17(7)10(21)16(5-8(18)19)6-11(12,13)14/h7H,2-6H2,1H3,(H,15,20)(H,18,19). The first-order valence-electron chi connectivity index (χ1n) is 6.27. The predicted molar refractivity (Wildman–Crippen MR) is 64.5 cm³/mol. The van der Waals surface area contributed by atoms with E-state index in [0.717, 1.165) is 4.90 Å².